The fraction of sp³-hybridized carbons (Fsp3) is 0.154. The molecule has 4 rings (SSSR count). The predicted octanol–water partition coefficient (Wildman–Crippen LogP) is -2.98. The van der Waals surface area contributed by atoms with Crippen molar-refractivity contribution in [1.29, 1.82) is 0 Å². The van der Waals surface area contributed by atoms with Gasteiger partial charge in [0.25, 0.3) is 0 Å². The van der Waals surface area contributed by atoms with Crippen molar-refractivity contribution < 1.29 is 64.5 Å². The summed E-state index contributed by atoms with van der Waals surface area (Å²) in [5.41, 5.74) is 6.94. The van der Waals surface area contributed by atoms with Crippen molar-refractivity contribution in [1.82, 2.24) is 9.97 Å². The molecule has 4 nitrogen and oxygen atoms in total. The van der Waals surface area contributed by atoms with Gasteiger partial charge in [0.1, 0.15) is 11.5 Å². The van der Waals surface area contributed by atoms with Crippen LogP contribution in [0.25, 0.3) is 33.6 Å². The van der Waals surface area contributed by atoms with Gasteiger partial charge in [-0.2, -0.15) is 0 Å². The Morgan fingerprint density at radius 3 is 1.24 bits per heavy atom. The maximum atomic E-state index is 10.3. The minimum absolute atomic E-state index is 0. The number of hydrogen-bond donors (Lipinski definition) is 2. The van der Waals surface area contributed by atoms with E-state index < -0.39 is 0 Å². The van der Waals surface area contributed by atoms with Gasteiger partial charge in [0.15, 0.2) is 0 Å². The molecule has 0 radical (unpaired) electrons. The molecule has 0 saturated heterocycles. The Kier molecular flexibility index (Phi) is 13.3. The van der Waals surface area contributed by atoms with E-state index in [1.807, 2.05) is 48.5 Å². The zero-order valence-corrected chi connectivity index (χ0v) is 22.1. The normalized spacial score (nSPS) is 9.59. The Hall–Kier alpha value is -2.27. The van der Waals surface area contributed by atoms with Crippen LogP contribution in [0.5, 0.6) is 11.5 Å². The number of phenols is 2. The molecule has 2 N–H and O–H groups in total. The van der Waals surface area contributed by atoms with Gasteiger partial charge >= 0.3 is 17.1 Å². The average Bonchev–Trinajstić information content (AvgIpc) is 2.79. The SMILES string of the molecule is CCc1ccc(-c2ccc(-c3ccc(-c4ccc(CC)cc4O)cn3)nc2)c(O)c1.[Cl-].[Cl-].[Cl-].[Mn+3]. The summed E-state index contributed by atoms with van der Waals surface area (Å²) in [5.74, 6) is 0.528. The van der Waals surface area contributed by atoms with E-state index in [0.29, 0.717) is 0 Å². The number of hydrogen-bond acceptors (Lipinski definition) is 4. The Balaban J connectivity index is 0.00000272. The second-order valence-electron chi connectivity index (χ2n) is 7.27. The Morgan fingerprint density at radius 2 is 0.971 bits per heavy atom. The molecule has 0 aliphatic carbocycles. The number of rotatable bonds is 5. The van der Waals surface area contributed by atoms with Gasteiger partial charge in [-0.05, 0) is 48.2 Å². The van der Waals surface area contributed by atoms with Crippen molar-refractivity contribution >= 4 is 0 Å². The minimum atomic E-state index is 0. The second-order valence-corrected chi connectivity index (χ2v) is 7.27. The summed E-state index contributed by atoms with van der Waals surface area (Å²) in [5, 5.41) is 20.6. The van der Waals surface area contributed by atoms with Crippen LogP contribution in [0.4, 0.5) is 0 Å². The quantitative estimate of drug-likeness (QED) is 0.257. The molecule has 4 aromatic rings. The molecule has 0 unspecified atom stereocenters. The molecule has 0 bridgehead atoms. The molecule has 0 amide bonds. The van der Waals surface area contributed by atoms with E-state index in [-0.39, 0.29) is 65.8 Å². The number of aryl methyl sites for hydroxylation is 2. The second kappa shape index (κ2) is 14.2. The maximum Gasteiger partial charge on any atom is 3.00 e. The maximum absolute atomic E-state index is 10.3. The fourth-order valence-corrected chi connectivity index (χ4v) is 3.49. The number of phenolic OH excluding ortho intramolecular Hbond substituents is 2. The van der Waals surface area contributed by atoms with Crippen LogP contribution in [-0.4, -0.2) is 20.2 Å². The molecule has 0 fully saturated rings. The van der Waals surface area contributed by atoms with E-state index in [9.17, 15) is 10.2 Å². The number of halogens is 3. The standard InChI is InChI=1S/C26H24N2O2.3ClH.Mn/c1-3-17-5-9-21(25(29)13-17)19-7-11-23(27-15-19)24-12-8-20(16-28-24)22-10-6-18(4-2)14-26(22)30;;;;/h5-16,29-30H,3-4H2,1-2H3;3*1H;/q;;;;+3/p-3. The number of aromatic nitrogens is 2. The Labute approximate surface area is 229 Å². The largest absolute Gasteiger partial charge is 3.00 e. The molecular weight excluding hydrogens is 534 g/mol. The van der Waals surface area contributed by atoms with Crippen LogP contribution < -0.4 is 37.2 Å². The zero-order chi connectivity index (χ0) is 21.1. The van der Waals surface area contributed by atoms with E-state index in [4.69, 9.17) is 0 Å². The van der Waals surface area contributed by atoms with Crippen molar-refractivity contribution in [2.75, 3.05) is 0 Å². The molecule has 8 heteroatoms. The Morgan fingerprint density at radius 1 is 0.588 bits per heavy atom. The van der Waals surface area contributed by atoms with E-state index in [1.165, 1.54) is 0 Å². The van der Waals surface area contributed by atoms with Crippen LogP contribution in [0.1, 0.15) is 25.0 Å². The van der Waals surface area contributed by atoms with Crippen LogP contribution in [0, 0.1) is 0 Å². The van der Waals surface area contributed by atoms with Gasteiger partial charge in [-0.3, -0.25) is 9.97 Å². The van der Waals surface area contributed by atoms with Crippen LogP contribution in [0.15, 0.2) is 73.1 Å². The minimum Gasteiger partial charge on any atom is -1.00 e. The summed E-state index contributed by atoms with van der Waals surface area (Å²) in [6.45, 7) is 4.12. The molecule has 0 aliphatic rings. The molecule has 0 spiro atoms. The van der Waals surface area contributed by atoms with Crippen molar-refractivity contribution in [2.45, 2.75) is 26.7 Å². The average molecular weight is 558 g/mol. The van der Waals surface area contributed by atoms with Gasteiger partial charge in [-0.15, -0.1) is 0 Å². The zero-order valence-electron chi connectivity index (χ0n) is 18.6. The molecule has 2 aromatic carbocycles. The molecule has 0 aliphatic heterocycles. The van der Waals surface area contributed by atoms with E-state index in [1.54, 1.807) is 24.5 Å². The van der Waals surface area contributed by atoms with Gasteiger partial charge in [0, 0.05) is 34.6 Å². The number of aromatic hydroxyl groups is 2. The summed E-state index contributed by atoms with van der Waals surface area (Å²) < 4.78 is 0. The third-order valence-corrected chi connectivity index (χ3v) is 5.35. The summed E-state index contributed by atoms with van der Waals surface area (Å²) in [4.78, 5) is 9.06. The first-order valence-electron chi connectivity index (χ1n) is 10.2. The van der Waals surface area contributed by atoms with E-state index in [2.05, 4.69) is 23.8 Å². The molecule has 0 saturated carbocycles. The van der Waals surface area contributed by atoms with Gasteiger partial charge < -0.3 is 47.4 Å². The topological polar surface area (TPSA) is 66.2 Å². The molecule has 178 valence electrons. The third kappa shape index (κ3) is 6.88. The van der Waals surface area contributed by atoms with E-state index in [0.717, 1.165) is 57.6 Å². The van der Waals surface area contributed by atoms with Crippen LogP contribution in [0.3, 0.4) is 0 Å². The molecule has 2 heterocycles. The predicted molar refractivity (Wildman–Crippen MR) is 120 cm³/mol. The smallest absolute Gasteiger partial charge is 1.00 e. The number of nitrogens with zero attached hydrogens (tertiary/aromatic N) is 2. The van der Waals surface area contributed by atoms with Crippen LogP contribution in [-0.2, 0) is 29.9 Å². The van der Waals surface area contributed by atoms with Gasteiger partial charge in [0.05, 0.1) is 11.4 Å². The fourth-order valence-electron chi connectivity index (χ4n) is 3.49. The number of pyridine rings is 2. The summed E-state index contributed by atoms with van der Waals surface area (Å²) in [6.07, 6.45) is 5.27. The number of benzene rings is 2. The van der Waals surface area contributed by atoms with Gasteiger partial charge in [-0.1, -0.05) is 50.2 Å². The van der Waals surface area contributed by atoms with Crippen molar-refractivity contribution in [3.63, 3.8) is 0 Å². The Bertz CT molecular complexity index is 1090. The molecule has 34 heavy (non-hydrogen) atoms. The van der Waals surface area contributed by atoms with Crippen LogP contribution >= 0.6 is 0 Å². The first kappa shape index (κ1) is 31.7. The third-order valence-electron chi connectivity index (χ3n) is 5.35. The van der Waals surface area contributed by atoms with Gasteiger partial charge in [-0.25, -0.2) is 0 Å². The van der Waals surface area contributed by atoms with Crippen molar-refractivity contribution in [3.05, 3.63) is 84.2 Å². The van der Waals surface area contributed by atoms with E-state index >= 15 is 0 Å². The van der Waals surface area contributed by atoms with Gasteiger partial charge in [0.2, 0.25) is 0 Å². The molecular formula is C26H24Cl3MnN2O2. The summed E-state index contributed by atoms with van der Waals surface area (Å²) >= 11 is 0. The molecule has 0 atom stereocenters. The first-order valence-corrected chi connectivity index (χ1v) is 10.2. The van der Waals surface area contributed by atoms with Crippen LogP contribution in [0.2, 0.25) is 0 Å². The summed E-state index contributed by atoms with van der Waals surface area (Å²) in [7, 11) is 0. The summed E-state index contributed by atoms with van der Waals surface area (Å²) in [6, 6.07) is 19.2. The van der Waals surface area contributed by atoms with Crippen molar-refractivity contribution in [2.24, 2.45) is 0 Å². The first-order chi connectivity index (χ1) is 14.6. The molecule has 2 aromatic heterocycles. The monoisotopic (exact) mass is 556 g/mol. The van der Waals surface area contributed by atoms with Crippen molar-refractivity contribution in [3.8, 4) is 45.1 Å².